The largest absolute Gasteiger partial charge is 0.368 e. The van der Waals surface area contributed by atoms with Crippen LogP contribution in [0, 0.1) is 11.7 Å². The quantitative estimate of drug-likeness (QED) is 0.835. The zero-order chi connectivity index (χ0) is 13.0. The van der Waals surface area contributed by atoms with Crippen molar-refractivity contribution in [2.75, 3.05) is 18.5 Å². The Hall–Kier alpha value is -1.46. The number of ether oxygens (including phenoxy) is 1. The summed E-state index contributed by atoms with van der Waals surface area (Å²) in [5.74, 6) is -0.0143. The minimum Gasteiger partial charge on any atom is -0.368 e. The molecule has 1 fully saturated rings. The van der Waals surface area contributed by atoms with Crippen LogP contribution in [0.2, 0.25) is 0 Å². The van der Waals surface area contributed by atoms with E-state index in [1.165, 1.54) is 24.3 Å². The number of amides is 1. The maximum absolute atomic E-state index is 12.7. The number of nitrogens with two attached hydrogens (primary N) is 1. The molecule has 0 aliphatic heterocycles. The number of hydrogen-bond acceptors (Lipinski definition) is 3. The fraction of sp³-hybridized carbons (Fsp3) is 0.462. The number of hydrogen-bond donors (Lipinski definition) is 2. The number of carbonyl (C=O) groups is 1. The minimum atomic E-state index is -0.327. The molecule has 0 radical (unpaired) electrons. The second kappa shape index (κ2) is 5.93. The van der Waals surface area contributed by atoms with Gasteiger partial charge < -0.3 is 15.8 Å². The molecule has 1 aromatic carbocycles. The fourth-order valence-corrected chi connectivity index (χ4v) is 1.93. The van der Waals surface area contributed by atoms with Gasteiger partial charge in [0.25, 0.3) is 0 Å². The summed E-state index contributed by atoms with van der Waals surface area (Å²) in [6.45, 7) is 0.709. The van der Waals surface area contributed by atoms with Crippen LogP contribution in [0.3, 0.4) is 0 Å². The van der Waals surface area contributed by atoms with Crippen molar-refractivity contribution in [3.63, 3.8) is 0 Å². The van der Waals surface area contributed by atoms with Crippen LogP contribution in [0.4, 0.5) is 10.1 Å². The van der Waals surface area contributed by atoms with Crippen molar-refractivity contribution >= 4 is 11.6 Å². The van der Waals surface area contributed by atoms with Crippen molar-refractivity contribution in [3.05, 3.63) is 30.1 Å². The van der Waals surface area contributed by atoms with Gasteiger partial charge in [-0.3, -0.25) is 4.79 Å². The van der Waals surface area contributed by atoms with Gasteiger partial charge in [0, 0.05) is 5.69 Å². The highest BCUT2D eigenvalue weighted by Gasteiger charge is 2.28. The molecular weight excluding hydrogens is 235 g/mol. The molecule has 1 saturated carbocycles. The van der Waals surface area contributed by atoms with E-state index in [4.69, 9.17) is 10.5 Å². The Kier molecular flexibility index (Phi) is 4.28. The summed E-state index contributed by atoms with van der Waals surface area (Å²) in [5, 5.41) is 2.64. The van der Waals surface area contributed by atoms with Gasteiger partial charge in [0.2, 0.25) is 5.91 Å². The predicted octanol–water partition coefficient (Wildman–Crippen LogP) is 1.52. The summed E-state index contributed by atoms with van der Waals surface area (Å²) in [5.41, 5.74) is 6.07. The molecule has 0 aromatic heterocycles. The van der Waals surface area contributed by atoms with Crippen LogP contribution >= 0.6 is 0 Å². The van der Waals surface area contributed by atoms with Crippen molar-refractivity contribution in [1.29, 1.82) is 0 Å². The Morgan fingerprint density at radius 2 is 2.06 bits per heavy atom. The first-order chi connectivity index (χ1) is 8.67. The van der Waals surface area contributed by atoms with Crippen molar-refractivity contribution in [1.82, 2.24) is 0 Å². The lowest BCUT2D eigenvalue weighted by molar-refractivity contribution is -0.125. The van der Waals surface area contributed by atoms with Gasteiger partial charge in [0.15, 0.2) is 0 Å². The summed E-state index contributed by atoms with van der Waals surface area (Å²) >= 11 is 0. The maximum atomic E-state index is 12.7. The van der Waals surface area contributed by atoms with E-state index in [0.29, 0.717) is 18.2 Å². The zero-order valence-electron chi connectivity index (χ0n) is 10.1. The van der Waals surface area contributed by atoms with E-state index in [-0.39, 0.29) is 24.4 Å². The molecular formula is C13H17FN2O2. The van der Waals surface area contributed by atoms with Crippen LogP contribution in [-0.2, 0) is 9.53 Å². The van der Waals surface area contributed by atoms with Gasteiger partial charge in [-0.1, -0.05) is 0 Å². The normalized spacial score (nSPS) is 22.3. The first-order valence-electron chi connectivity index (χ1n) is 6.04. The number of nitrogens with one attached hydrogen (secondary N) is 1. The first kappa shape index (κ1) is 13.0. The van der Waals surface area contributed by atoms with E-state index in [1.54, 1.807) is 0 Å². The molecule has 2 rings (SSSR count). The van der Waals surface area contributed by atoms with Crippen molar-refractivity contribution in [2.24, 2.45) is 11.7 Å². The molecule has 1 aliphatic carbocycles. The average molecular weight is 252 g/mol. The monoisotopic (exact) mass is 252 g/mol. The van der Waals surface area contributed by atoms with Crippen LogP contribution in [0.15, 0.2) is 24.3 Å². The summed E-state index contributed by atoms with van der Waals surface area (Å²) in [6.07, 6.45) is 2.01. The van der Waals surface area contributed by atoms with Crippen LogP contribution in [0.25, 0.3) is 0 Å². The lowest BCUT2D eigenvalue weighted by Crippen LogP contribution is -2.37. The molecule has 0 bridgehead atoms. The summed E-state index contributed by atoms with van der Waals surface area (Å²) < 4.78 is 18.1. The zero-order valence-corrected chi connectivity index (χ0v) is 10.1. The lowest BCUT2D eigenvalue weighted by Gasteiger charge is -2.33. The highest BCUT2D eigenvalue weighted by Crippen LogP contribution is 2.28. The Bertz CT molecular complexity index is 402. The number of halogens is 1. The molecule has 0 heterocycles. The minimum absolute atomic E-state index is 0.0271. The molecule has 1 amide bonds. The molecule has 1 aromatic rings. The van der Waals surface area contributed by atoms with E-state index in [2.05, 4.69) is 5.32 Å². The van der Waals surface area contributed by atoms with E-state index in [1.807, 2.05) is 0 Å². The second-order valence-corrected chi connectivity index (χ2v) is 4.56. The Morgan fingerprint density at radius 1 is 1.39 bits per heavy atom. The third kappa shape index (κ3) is 3.51. The van der Waals surface area contributed by atoms with Gasteiger partial charge >= 0.3 is 0 Å². The van der Waals surface area contributed by atoms with Crippen LogP contribution in [0.1, 0.15) is 12.8 Å². The predicted molar refractivity (Wildman–Crippen MR) is 66.5 cm³/mol. The van der Waals surface area contributed by atoms with E-state index < -0.39 is 0 Å². The molecule has 3 N–H and O–H groups in total. The average Bonchev–Trinajstić information content (AvgIpc) is 2.30. The third-order valence-electron chi connectivity index (χ3n) is 3.10. The topological polar surface area (TPSA) is 64.3 Å². The first-order valence-corrected chi connectivity index (χ1v) is 6.04. The van der Waals surface area contributed by atoms with Gasteiger partial charge in [-0.2, -0.15) is 0 Å². The Morgan fingerprint density at radius 3 is 2.67 bits per heavy atom. The number of benzene rings is 1. The SMILES string of the molecule is NCC1CC(OCC(=O)Nc2ccc(F)cc2)C1. The van der Waals surface area contributed by atoms with Gasteiger partial charge in [0.05, 0.1) is 6.10 Å². The van der Waals surface area contributed by atoms with Crippen molar-refractivity contribution in [3.8, 4) is 0 Å². The van der Waals surface area contributed by atoms with Crippen LogP contribution < -0.4 is 11.1 Å². The molecule has 0 atom stereocenters. The van der Waals surface area contributed by atoms with Gasteiger partial charge in [-0.05, 0) is 49.6 Å². The number of anilines is 1. The van der Waals surface area contributed by atoms with E-state index in [0.717, 1.165) is 12.8 Å². The van der Waals surface area contributed by atoms with Gasteiger partial charge in [-0.15, -0.1) is 0 Å². The molecule has 98 valence electrons. The molecule has 18 heavy (non-hydrogen) atoms. The van der Waals surface area contributed by atoms with Crippen LogP contribution in [0.5, 0.6) is 0 Å². The summed E-state index contributed by atoms with van der Waals surface area (Å²) in [6, 6.07) is 5.63. The third-order valence-corrected chi connectivity index (χ3v) is 3.10. The second-order valence-electron chi connectivity index (χ2n) is 4.56. The molecule has 0 saturated heterocycles. The van der Waals surface area contributed by atoms with Gasteiger partial charge in [0.1, 0.15) is 12.4 Å². The van der Waals surface area contributed by atoms with E-state index in [9.17, 15) is 9.18 Å². The van der Waals surface area contributed by atoms with Gasteiger partial charge in [-0.25, -0.2) is 4.39 Å². The smallest absolute Gasteiger partial charge is 0.250 e. The molecule has 5 heteroatoms. The molecule has 1 aliphatic rings. The van der Waals surface area contributed by atoms with Crippen molar-refractivity contribution < 1.29 is 13.9 Å². The van der Waals surface area contributed by atoms with Crippen molar-refractivity contribution in [2.45, 2.75) is 18.9 Å². The Balaban J connectivity index is 1.68. The highest BCUT2D eigenvalue weighted by molar-refractivity contribution is 5.91. The van der Waals surface area contributed by atoms with Crippen LogP contribution in [-0.4, -0.2) is 25.2 Å². The molecule has 4 nitrogen and oxygen atoms in total. The number of carbonyl (C=O) groups excluding carboxylic acids is 1. The number of rotatable bonds is 5. The highest BCUT2D eigenvalue weighted by atomic mass is 19.1. The Labute approximate surface area is 105 Å². The molecule has 0 spiro atoms. The molecule has 0 unspecified atom stereocenters. The fourth-order valence-electron chi connectivity index (χ4n) is 1.93. The lowest BCUT2D eigenvalue weighted by atomic mass is 9.82. The summed E-state index contributed by atoms with van der Waals surface area (Å²) in [4.78, 5) is 11.5. The maximum Gasteiger partial charge on any atom is 0.250 e. The summed E-state index contributed by atoms with van der Waals surface area (Å²) in [7, 11) is 0. The van der Waals surface area contributed by atoms with E-state index >= 15 is 0 Å². The standard InChI is InChI=1S/C13H17FN2O2/c14-10-1-3-11(4-2-10)16-13(17)8-18-12-5-9(6-12)7-15/h1-4,9,12H,5-8,15H2,(H,16,17).